The highest BCUT2D eigenvalue weighted by Crippen LogP contribution is 2.56. The molecule has 0 spiro atoms. The number of nitrogens with zero attached hydrogens (tertiary/aromatic N) is 2. The van der Waals surface area contributed by atoms with E-state index in [1.807, 2.05) is 6.08 Å². The second kappa shape index (κ2) is 8.03. The summed E-state index contributed by atoms with van der Waals surface area (Å²) in [5, 5.41) is 16.7. The van der Waals surface area contributed by atoms with Crippen molar-refractivity contribution in [3.8, 4) is 5.69 Å². The number of halogens is 3. The van der Waals surface area contributed by atoms with Gasteiger partial charge in [-0.1, -0.05) is 24.1 Å². The Morgan fingerprint density at radius 2 is 2.03 bits per heavy atom. The Hall–Kier alpha value is -3.03. The van der Waals surface area contributed by atoms with Gasteiger partial charge in [-0.25, -0.2) is 13.5 Å². The van der Waals surface area contributed by atoms with Gasteiger partial charge in [-0.2, -0.15) is 5.10 Å². The molecular weight excluding hydrogens is 460 g/mol. The molecule has 176 valence electrons. The molecule has 2 aliphatic carbocycles. The Morgan fingerprint density at radius 1 is 1.24 bits per heavy atom. The first kappa shape index (κ1) is 22.7. The largest absolute Gasteiger partial charge is 0.389 e. The third-order valence-corrected chi connectivity index (χ3v) is 7.81. The lowest BCUT2D eigenvalue weighted by molar-refractivity contribution is -0.0461. The number of amides is 1. The summed E-state index contributed by atoms with van der Waals surface area (Å²) in [5.74, 6) is -2.36. The fourth-order valence-corrected chi connectivity index (χ4v) is 5.70. The van der Waals surface area contributed by atoms with Gasteiger partial charge in [0.1, 0.15) is 0 Å². The van der Waals surface area contributed by atoms with Crippen LogP contribution in [0, 0.1) is 17.0 Å². The molecule has 0 saturated heterocycles. The summed E-state index contributed by atoms with van der Waals surface area (Å²) in [6.07, 6.45) is 6.47. The molecule has 0 bridgehead atoms. The maximum absolute atomic E-state index is 13.8. The minimum atomic E-state index is -1.00. The predicted octanol–water partition coefficient (Wildman–Crippen LogP) is 5.01. The molecule has 0 radical (unpaired) electrons. The number of primary amides is 1. The van der Waals surface area contributed by atoms with Crippen LogP contribution in [0.2, 0.25) is 5.02 Å². The van der Waals surface area contributed by atoms with E-state index in [1.165, 1.54) is 6.07 Å². The normalized spacial score (nSPS) is 23.4. The first-order chi connectivity index (χ1) is 16.1. The second-order valence-corrected chi connectivity index (χ2v) is 9.88. The van der Waals surface area contributed by atoms with Gasteiger partial charge < -0.3 is 10.8 Å². The Bertz CT molecular complexity index is 1350. The van der Waals surface area contributed by atoms with E-state index < -0.39 is 28.6 Å². The summed E-state index contributed by atoms with van der Waals surface area (Å²) in [6, 6.07) is 8.68. The maximum atomic E-state index is 13.8. The van der Waals surface area contributed by atoms with Gasteiger partial charge in [-0.3, -0.25) is 4.79 Å². The quantitative estimate of drug-likeness (QED) is 0.535. The minimum Gasteiger partial charge on any atom is -0.389 e. The number of carbonyl (C=O) groups excluding carboxylic acids is 1. The number of benzene rings is 2. The molecule has 1 heterocycles. The number of aryl methyl sites for hydroxylation is 1. The molecule has 5 nitrogen and oxygen atoms in total. The van der Waals surface area contributed by atoms with Gasteiger partial charge in [-0.05, 0) is 79.6 Å². The number of aromatic nitrogens is 2. The Morgan fingerprint density at radius 3 is 2.76 bits per heavy atom. The van der Waals surface area contributed by atoms with E-state index in [0.29, 0.717) is 48.4 Å². The molecule has 2 atom stereocenters. The summed E-state index contributed by atoms with van der Waals surface area (Å²) in [5.41, 5.74) is 8.40. The average Bonchev–Trinajstić information content (AvgIpc) is 3.30. The van der Waals surface area contributed by atoms with Crippen molar-refractivity contribution in [2.75, 3.05) is 0 Å². The first-order valence-electron chi connectivity index (χ1n) is 11.2. The van der Waals surface area contributed by atoms with Gasteiger partial charge >= 0.3 is 0 Å². The molecule has 2 aromatic carbocycles. The van der Waals surface area contributed by atoms with Crippen LogP contribution in [0.4, 0.5) is 8.78 Å². The van der Waals surface area contributed by atoms with Gasteiger partial charge in [0.15, 0.2) is 11.6 Å². The van der Waals surface area contributed by atoms with Crippen LogP contribution < -0.4 is 5.73 Å². The third kappa shape index (κ3) is 3.54. The van der Waals surface area contributed by atoms with E-state index in [0.717, 1.165) is 34.5 Å². The number of carbonyl (C=O) groups is 1. The summed E-state index contributed by atoms with van der Waals surface area (Å²) in [7, 11) is 0. The summed E-state index contributed by atoms with van der Waals surface area (Å²) in [6.45, 7) is 2.05. The number of hydrogen-bond donors (Lipinski definition) is 2. The molecule has 0 aliphatic heterocycles. The van der Waals surface area contributed by atoms with Crippen molar-refractivity contribution >= 4 is 23.6 Å². The molecule has 1 amide bonds. The van der Waals surface area contributed by atoms with Gasteiger partial charge in [0.2, 0.25) is 5.91 Å². The van der Waals surface area contributed by atoms with E-state index in [4.69, 9.17) is 17.3 Å². The van der Waals surface area contributed by atoms with Gasteiger partial charge in [0.25, 0.3) is 0 Å². The highest BCUT2D eigenvalue weighted by molar-refractivity contribution is 6.30. The standard InChI is InChI=1S/C26H24ClF2N3O2/c1-25-13-16-14-31-32(19-3-5-21(28)22(29)12-19)23(16)11-17(25)7-9-26(25,34)8-6-15-10-18(27)2-4-20(15)24(30)33/h2-5,10-12,14,34H,6-9,13H2,1H3,(H2,30,33)/t25-,26-/m0/s1. The van der Waals surface area contributed by atoms with Crippen LogP contribution in [-0.2, 0) is 12.8 Å². The molecule has 3 aromatic rings. The van der Waals surface area contributed by atoms with Crippen LogP contribution in [0.25, 0.3) is 11.8 Å². The fraction of sp³-hybridized carbons (Fsp3) is 0.308. The van der Waals surface area contributed by atoms with Crippen LogP contribution in [0.3, 0.4) is 0 Å². The van der Waals surface area contributed by atoms with Crippen molar-refractivity contribution in [2.45, 2.75) is 44.6 Å². The van der Waals surface area contributed by atoms with E-state index in [9.17, 15) is 18.7 Å². The van der Waals surface area contributed by atoms with Crippen LogP contribution in [-0.4, -0.2) is 26.4 Å². The monoisotopic (exact) mass is 483 g/mol. The van der Waals surface area contributed by atoms with Crippen molar-refractivity contribution < 1.29 is 18.7 Å². The van der Waals surface area contributed by atoms with E-state index in [-0.39, 0.29) is 0 Å². The molecular formula is C26H24ClF2N3O2. The number of hydrogen-bond acceptors (Lipinski definition) is 3. The molecule has 34 heavy (non-hydrogen) atoms. The van der Waals surface area contributed by atoms with Crippen molar-refractivity contribution in [2.24, 2.45) is 11.1 Å². The highest BCUT2D eigenvalue weighted by atomic mass is 35.5. The van der Waals surface area contributed by atoms with Crippen molar-refractivity contribution in [3.05, 3.63) is 87.2 Å². The molecule has 3 N–H and O–H groups in total. The molecule has 5 rings (SSSR count). The van der Waals surface area contributed by atoms with Gasteiger partial charge in [0.05, 0.1) is 23.2 Å². The molecule has 1 aromatic heterocycles. The Labute approximate surface area is 200 Å². The lowest BCUT2D eigenvalue weighted by Gasteiger charge is -2.42. The van der Waals surface area contributed by atoms with Crippen LogP contribution in [0.15, 0.2) is 48.2 Å². The van der Waals surface area contributed by atoms with Crippen LogP contribution in [0.5, 0.6) is 0 Å². The van der Waals surface area contributed by atoms with Crippen LogP contribution >= 0.6 is 11.6 Å². The fourth-order valence-electron chi connectivity index (χ4n) is 5.50. The third-order valence-electron chi connectivity index (χ3n) is 7.57. The lowest BCUT2D eigenvalue weighted by Crippen LogP contribution is -2.45. The molecule has 1 saturated carbocycles. The number of fused-ring (bicyclic) bond motifs is 2. The number of aliphatic hydroxyl groups is 1. The zero-order chi connectivity index (χ0) is 24.3. The topological polar surface area (TPSA) is 81.1 Å². The van der Waals surface area contributed by atoms with Crippen molar-refractivity contribution in [1.29, 1.82) is 0 Å². The maximum Gasteiger partial charge on any atom is 0.248 e. The van der Waals surface area contributed by atoms with Gasteiger partial charge in [0, 0.05) is 22.1 Å². The smallest absolute Gasteiger partial charge is 0.248 e. The minimum absolute atomic E-state index is 0.408. The molecule has 8 heteroatoms. The van der Waals surface area contributed by atoms with E-state index >= 15 is 0 Å². The average molecular weight is 484 g/mol. The summed E-state index contributed by atoms with van der Waals surface area (Å²) < 4.78 is 28.8. The predicted molar refractivity (Wildman–Crippen MR) is 126 cm³/mol. The zero-order valence-corrected chi connectivity index (χ0v) is 19.4. The lowest BCUT2D eigenvalue weighted by atomic mass is 9.65. The van der Waals surface area contributed by atoms with Crippen molar-refractivity contribution in [1.82, 2.24) is 9.78 Å². The summed E-state index contributed by atoms with van der Waals surface area (Å²) >= 11 is 6.14. The van der Waals surface area contributed by atoms with Crippen LogP contribution in [0.1, 0.15) is 53.4 Å². The Balaban J connectivity index is 1.45. The van der Waals surface area contributed by atoms with Gasteiger partial charge in [-0.15, -0.1) is 0 Å². The molecule has 1 fully saturated rings. The van der Waals surface area contributed by atoms with E-state index in [1.54, 1.807) is 29.1 Å². The highest BCUT2D eigenvalue weighted by Gasteiger charge is 2.54. The SMILES string of the molecule is C[C@]12Cc3cnn(-c4ccc(F)c(F)c4)c3C=C1CC[C@@]2(O)CCc1cc(Cl)ccc1C(N)=O. The molecule has 0 unspecified atom stereocenters. The summed E-state index contributed by atoms with van der Waals surface area (Å²) in [4.78, 5) is 11.9. The second-order valence-electron chi connectivity index (χ2n) is 9.44. The number of rotatable bonds is 5. The van der Waals surface area contributed by atoms with Crippen molar-refractivity contribution in [3.63, 3.8) is 0 Å². The first-order valence-corrected chi connectivity index (χ1v) is 11.5. The zero-order valence-electron chi connectivity index (χ0n) is 18.6. The Kier molecular flexibility index (Phi) is 5.37. The number of nitrogens with two attached hydrogens (primary N) is 1. The van der Waals surface area contributed by atoms with E-state index in [2.05, 4.69) is 12.0 Å². The molecule has 2 aliphatic rings.